The van der Waals surface area contributed by atoms with E-state index in [2.05, 4.69) is 10.3 Å². The first kappa shape index (κ1) is 14.8. The SMILES string of the molecule is Cc1nc(-c2ccc(NC(=O)C3CCCCC3)cc2)c(C)o1. The van der Waals surface area contributed by atoms with Gasteiger partial charge in [0, 0.05) is 24.1 Å². The number of benzene rings is 1. The zero-order chi connectivity index (χ0) is 15.5. The van der Waals surface area contributed by atoms with E-state index in [9.17, 15) is 4.79 Å². The van der Waals surface area contributed by atoms with Crippen molar-refractivity contribution in [1.29, 1.82) is 0 Å². The Morgan fingerprint density at radius 1 is 1.14 bits per heavy atom. The third kappa shape index (κ3) is 3.21. The number of carbonyl (C=O) groups excluding carboxylic acids is 1. The van der Waals surface area contributed by atoms with Crippen molar-refractivity contribution in [2.45, 2.75) is 46.0 Å². The largest absolute Gasteiger partial charge is 0.446 e. The van der Waals surface area contributed by atoms with Gasteiger partial charge in [0.1, 0.15) is 11.5 Å². The van der Waals surface area contributed by atoms with E-state index in [4.69, 9.17) is 4.42 Å². The summed E-state index contributed by atoms with van der Waals surface area (Å²) in [4.78, 5) is 16.6. The highest BCUT2D eigenvalue weighted by Gasteiger charge is 2.21. The van der Waals surface area contributed by atoms with Crippen LogP contribution in [0.1, 0.15) is 43.8 Å². The van der Waals surface area contributed by atoms with Crippen LogP contribution in [0.3, 0.4) is 0 Å². The summed E-state index contributed by atoms with van der Waals surface area (Å²) in [5.41, 5.74) is 2.71. The second-order valence-electron chi connectivity index (χ2n) is 6.04. The number of aromatic nitrogens is 1. The lowest BCUT2D eigenvalue weighted by Gasteiger charge is -2.20. The number of oxazole rings is 1. The van der Waals surface area contributed by atoms with E-state index < -0.39 is 0 Å². The Morgan fingerprint density at radius 2 is 1.82 bits per heavy atom. The second-order valence-corrected chi connectivity index (χ2v) is 6.04. The minimum atomic E-state index is 0.154. The first-order chi connectivity index (χ1) is 10.6. The summed E-state index contributed by atoms with van der Waals surface area (Å²) >= 11 is 0. The maximum atomic E-state index is 12.2. The highest BCUT2D eigenvalue weighted by molar-refractivity contribution is 5.92. The molecule has 0 atom stereocenters. The van der Waals surface area contributed by atoms with Crippen LogP contribution in [0.5, 0.6) is 0 Å². The minimum Gasteiger partial charge on any atom is -0.446 e. The lowest BCUT2D eigenvalue weighted by atomic mass is 9.88. The van der Waals surface area contributed by atoms with Crippen LogP contribution in [0.4, 0.5) is 5.69 Å². The Kier molecular flexibility index (Phi) is 4.27. The van der Waals surface area contributed by atoms with Gasteiger partial charge < -0.3 is 9.73 Å². The fourth-order valence-electron chi connectivity index (χ4n) is 3.12. The van der Waals surface area contributed by atoms with Gasteiger partial charge in [-0.05, 0) is 31.9 Å². The fraction of sp³-hybridized carbons (Fsp3) is 0.444. The number of nitrogens with one attached hydrogen (secondary N) is 1. The molecule has 1 N–H and O–H groups in total. The van der Waals surface area contributed by atoms with Crippen LogP contribution in [-0.4, -0.2) is 10.9 Å². The van der Waals surface area contributed by atoms with Crippen molar-refractivity contribution in [3.05, 3.63) is 35.9 Å². The lowest BCUT2D eigenvalue weighted by molar-refractivity contribution is -0.120. The molecule has 1 aromatic carbocycles. The Bertz CT molecular complexity index is 652. The van der Waals surface area contributed by atoms with Gasteiger partial charge >= 0.3 is 0 Å². The monoisotopic (exact) mass is 298 g/mol. The van der Waals surface area contributed by atoms with E-state index in [1.54, 1.807) is 0 Å². The summed E-state index contributed by atoms with van der Waals surface area (Å²) in [6.07, 6.45) is 5.63. The maximum Gasteiger partial charge on any atom is 0.227 e. The number of hydrogen-bond donors (Lipinski definition) is 1. The van der Waals surface area contributed by atoms with E-state index in [1.165, 1.54) is 19.3 Å². The molecular formula is C18H22N2O2. The molecule has 0 saturated heterocycles. The molecule has 0 unspecified atom stereocenters. The predicted octanol–water partition coefficient (Wildman–Crippen LogP) is 4.48. The van der Waals surface area contributed by atoms with E-state index in [0.29, 0.717) is 5.89 Å². The van der Waals surface area contributed by atoms with Crippen molar-refractivity contribution in [3.8, 4) is 11.3 Å². The molecule has 1 saturated carbocycles. The van der Waals surface area contributed by atoms with Crippen molar-refractivity contribution in [2.75, 3.05) is 5.32 Å². The van der Waals surface area contributed by atoms with Gasteiger partial charge in [-0.2, -0.15) is 0 Å². The fourth-order valence-corrected chi connectivity index (χ4v) is 3.12. The average molecular weight is 298 g/mol. The molecule has 1 heterocycles. The molecule has 0 bridgehead atoms. The Hall–Kier alpha value is -2.10. The minimum absolute atomic E-state index is 0.154. The van der Waals surface area contributed by atoms with Crippen LogP contribution in [-0.2, 0) is 4.79 Å². The van der Waals surface area contributed by atoms with Crippen molar-refractivity contribution in [2.24, 2.45) is 5.92 Å². The highest BCUT2D eigenvalue weighted by Crippen LogP contribution is 2.27. The topological polar surface area (TPSA) is 55.1 Å². The molecule has 1 aliphatic carbocycles. The first-order valence-electron chi connectivity index (χ1n) is 7.99. The highest BCUT2D eigenvalue weighted by atomic mass is 16.4. The number of carbonyl (C=O) groups is 1. The molecule has 0 aliphatic heterocycles. The van der Waals surface area contributed by atoms with Gasteiger partial charge in [0.2, 0.25) is 5.91 Å². The summed E-state index contributed by atoms with van der Waals surface area (Å²) in [6.45, 7) is 3.75. The number of amides is 1. The van der Waals surface area contributed by atoms with Crippen LogP contribution in [0, 0.1) is 19.8 Å². The predicted molar refractivity (Wildman–Crippen MR) is 86.6 cm³/mol. The van der Waals surface area contributed by atoms with E-state index in [1.807, 2.05) is 38.1 Å². The van der Waals surface area contributed by atoms with Crippen molar-refractivity contribution in [3.63, 3.8) is 0 Å². The zero-order valence-corrected chi connectivity index (χ0v) is 13.2. The maximum absolute atomic E-state index is 12.2. The molecule has 3 rings (SSSR count). The summed E-state index contributed by atoms with van der Waals surface area (Å²) in [6, 6.07) is 7.81. The number of aryl methyl sites for hydroxylation is 2. The Labute approximate surface area is 130 Å². The van der Waals surface area contributed by atoms with Crippen LogP contribution < -0.4 is 5.32 Å². The van der Waals surface area contributed by atoms with Crippen LogP contribution in [0.25, 0.3) is 11.3 Å². The molecule has 116 valence electrons. The van der Waals surface area contributed by atoms with E-state index in [-0.39, 0.29) is 11.8 Å². The molecule has 0 spiro atoms. The molecule has 4 nitrogen and oxygen atoms in total. The van der Waals surface area contributed by atoms with Crippen molar-refractivity contribution >= 4 is 11.6 Å². The molecule has 2 aromatic rings. The molecule has 4 heteroatoms. The van der Waals surface area contributed by atoms with Crippen molar-refractivity contribution < 1.29 is 9.21 Å². The van der Waals surface area contributed by atoms with E-state index in [0.717, 1.165) is 35.5 Å². The van der Waals surface area contributed by atoms with Crippen LogP contribution in [0.15, 0.2) is 28.7 Å². The molecule has 1 fully saturated rings. The van der Waals surface area contributed by atoms with E-state index >= 15 is 0 Å². The van der Waals surface area contributed by atoms with Crippen molar-refractivity contribution in [1.82, 2.24) is 4.98 Å². The first-order valence-corrected chi connectivity index (χ1v) is 7.99. The average Bonchev–Trinajstić information content (AvgIpc) is 2.87. The molecule has 1 aliphatic rings. The summed E-state index contributed by atoms with van der Waals surface area (Å²) in [5.74, 6) is 1.81. The summed E-state index contributed by atoms with van der Waals surface area (Å²) < 4.78 is 5.46. The second kappa shape index (κ2) is 6.34. The third-order valence-corrected chi connectivity index (χ3v) is 4.31. The van der Waals surface area contributed by atoms with Gasteiger partial charge in [0.25, 0.3) is 0 Å². The van der Waals surface area contributed by atoms with Gasteiger partial charge in [0.15, 0.2) is 5.89 Å². The van der Waals surface area contributed by atoms with Gasteiger partial charge in [-0.1, -0.05) is 31.4 Å². The Morgan fingerprint density at radius 3 is 2.41 bits per heavy atom. The molecule has 0 radical (unpaired) electrons. The number of nitrogens with zero attached hydrogens (tertiary/aromatic N) is 1. The number of anilines is 1. The standard InChI is InChI=1S/C18H22N2O2/c1-12-17(19-13(2)22-12)14-8-10-16(11-9-14)20-18(21)15-6-4-3-5-7-15/h8-11,15H,3-7H2,1-2H3,(H,20,21). The smallest absolute Gasteiger partial charge is 0.227 e. The molecule has 22 heavy (non-hydrogen) atoms. The van der Waals surface area contributed by atoms with Gasteiger partial charge in [-0.25, -0.2) is 4.98 Å². The zero-order valence-electron chi connectivity index (χ0n) is 13.2. The van der Waals surface area contributed by atoms with Crippen LogP contribution in [0.2, 0.25) is 0 Å². The summed E-state index contributed by atoms with van der Waals surface area (Å²) in [5, 5.41) is 3.03. The van der Waals surface area contributed by atoms with Gasteiger partial charge in [0.05, 0.1) is 0 Å². The number of hydrogen-bond acceptors (Lipinski definition) is 3. The number of rotatable bonds is 3. The third-order valence-electron chi connectivity index (χ3n) is 4.31. The summed E-state index contributed by atoms with van der Waals surface area (Å²) in [7, 11) is 0. The van der Waals surface area contributed by atoms with Gasteiger partial charge in [-0.3, -0.25) is 4.79 Å². The molecule has 1 amide bonds. The lowest BCUT2D eigenvalue weighted by Crippen LogP contribution is -2.24. The molecule has 1 aromatic heterocycles. The normalized spacial score (nSPS) is 15.7. The molecular weight excluding hydrogens is 276 g/mol. The quantitative estimate of drug-likeness (QED) is 0.909. The van der Waals surface area contributed by atoms with Gasteiger partial charge in [-0.15, -0.1) is 0 Å². The Balaban J connectivity index is 1.69. The van der Waals surface area contributed by atoms with Crippen LogP contribution >= 0.6 is 0 Å².